The van der Waals surface area contributed by atoms with Crippen molar-refractivity contribution in [1.82, 2.24) is 4.90 Å². The van der Waals surface area contributed by atoms with Crippen molar-refractivity contribution in [3.63, 3.8) is 0 Å². The highest BCUT2D eigenvalue weighted by molar-refractivity contribution is 5.98. The number of piperazine rings is 1. The van der Waals surface area contributed by atoms with Crippen molar-refractivity contribution >= 4 is 17.3 Å². The molecule has 2 aromatic rings. The lowest BCUT2D eigenvalue weighted by Gasteiger charge is -2.37. The van der Waals surface area contributed by atoms with E-state index in [9.17, 15) is 9.90 Å². The molecule has 26 heavy (non-hydrogen) atoms. The van der Waals surface area contributed by atoms with Crippen LogP contribution in [0.5, 0.6) is 5.75 Å². The van der Waals surface area contributed by atoms with E-state index in [0.29, 0.717) is 11.3 Å². The number of nitrogens with zero attached hydrogens (tertiary/aromatic N) is 2. The summed E-state index contributed by atoms with van der Waals surface area (Å²) in [6.45, 7) is 6.88. The first-order valence-corrected chi connectivity index (χ1v) is 8.94. The summed E-state index contributed by atoms with van der Waals surface area (Å²) in [5.41, 5.74) is 7.90. The minimum atomic E-state index is -0.414. The minimum Gasteiger partial charge on any atom is -0.508 e. The van der Waals surface area contributed by atoms with E-state index in [-0.39, 0.29) is 6.04 Å². The van der Waals surface area contributed by atoms with Gasteiger partial charge in [0.15, 0.2) is 0 Å². The number of nitrogens with two attached hydrogens (primary N) is 1. The maximum absolute atomic E-state index is 11.5. The number of amides is 1. The summed E-state index contributed by atoms with van der Waals surface area (Å²) in [5.74, 6) is -0.119. The average Bonchev–Trinajstić information content (AvgIpc) is 2.63. The number of aromatic hydroxyl groups is 1. The maximum atomic E-state index is 11.5. The smallest absolute Gasteiger partial charge is 0.250 e. The molecule has 1 unspecified atom stereocenters. The first kappa shape index (κ1) is 18.1. The van der Waals surface area contributed by atoms with Crippen molar-refractivity contribution in [2.45, 2.75) is 13.0 Å². The van der Waals surface area contributed by atoms with Crippen LogP contribution in [0.2, 0.25) is 0 Å². The molecule has 1 heterocycles. The lowest BCUT2D eigenvalue weighted by molar-refractivity contribution is 0.100. The minimum absolute atomic E-state index is 0.204. The largest absolute Gasteiger partial charge is 0.508 e. The van der Waals surface area contributed by atoms with Gasteiger partial charge in [-0.05, 0) is 43.3 Å². The Morgan fingerprint density at radius 3 is 2.42 bits per heavy atom. The van der Waals surface area contributed by atoms with Crippen molar-refractivity contribution in [2.75, 3.05) is 42.9 Å². The van der Waals surface area contributed by atoms with E-state index in [1.165, 1.54) is 0 Å². The highest BCUT2D eigenvalue weighted by Gasteiger charge is 2.19. The van der Waals surface area contributed by atoms with E-state index in [4.69, 9.17) is 5.73 Å². The lowest BCUT2D eigenvalue weighted by atomic mass is 10.1. The van der Waals surface area contributed by atoms with E-state index >= 15 is 0 Å². The molecule has 0 saturated carbocycles. The molecule has 0 spiro atoms. The zero-order valence-electron chi connectivity index (χ0n) is 15.1. The van der Waals surface area contributed by atoms with Crippen molar-refractivity contribution in [1.29, 1.82) is 0 Å². The zero-order chi connectivity index (χ0) is 18.5. The molecule has 1 fully saturated rings. The van der Waals surface area contributed by atoms with Gasteiger partial charge in [0.1, 0.15) is 5.75 Å². The number of primary amides is 1. The van der Waals surface area contributed by atoms with E-state index in [1.807, 2.05) is 30.3 Å². The molecule has 3 rings (SSSR count). The number of carbonyl (C=O) groups excluding carboxylic acids is 1. The van der Waals surface area contributed by atoms with Gasteiger partial charge in [0.2, 0.25) is 0 Å². The van der Waals surface area contributed by atoms with Crippen LogP contribution in [-0.2, 0) is 0 Å². The van der Waals surface area contributed by atoms with Crippen LogP contribution in [-0.4, -0.2) is 54.7 Å². The zero-order valence-corrected chi connectivity index (χ0v) is 15.1. The van der Waals surface area contributed by atoms with Crippen LogP contribution in [0.4, 0.5) is 11.4 Å². The third-order valence-electron chi connectivity index (χ3n) is 4.71. The van der Waals surface area contributed by atoms with Crippen LogP contribution in [0.3, 0.4) is 0 Å². The maximum Gasteiger partial charge on any atom is 0.250 e. The van der Waals surface area contributed by atoms with Gasteiger partial charge in [0, 0.05) is 50.1 Å². The second-order valence-corrected chi connectivity index (χ2v) is 6.76. The van der Waals surface area contributed by atoms with Gasteiger partial charge in [-0.2, -0.15) is 0 Å². The number of anilines is 2. The number of phenols is 1. The van der Waals surface area contributed by atoms with Crippen LogP contribution in [0.25, 0.3) is 0 Å². The predicted octanol–water partition coefficient (Wildman–Crippen LogP) is 2.11. The normalized spacial score (nSPS) is 16.3. The van der Waals surface area contributed by atoms with E-state index < -0.39 is 5.91 Å². The molecule has 1 atom stereocenters. The van der Waals surface area contributed by atoms with Gasteiger partial charge in [-0.1, -0.05) is 12.1 Å². The highest BCUT2D eigenvalue weighted by Crippen LogP contribution is 2.20. The first-order chi connectivity index (χ1) is 12.5. The molecule has 0 radical (unpaired) electrons. The summed E-state index contributed by atoms with van der Waals surface area (Å²) in [5, 5.41) is 12.8. The number of nitrogens with one attached hydrogen (secondary N) is 1. The predicted molar refractivity (Wildman–Crippen MR) is 105 cm³/mol. The molecular weight excluding hydrogens is 328 g/mol. The number of benzene rings is 2. The summed E-state index contributed by atoms with van der Waals surface area (Å²) >= 11 is 0. The van der Waals surface area contributed by atoms with Gasteiger partial charge >= 0.3 is 0 Å². The number of rotatable bonds is 6. The molecule has 1 aliphatic rings. The Morgan fingerprint density at radius 2 is 1.77 bits per heavy atom. The third kappa shape index (κ3) is 4.46. The van der Waals surface area contributed by atoms with Crippen molar-refractivity contribution in [2.24, 2.45) is 5.73 Å². The average molecular weight is 354 g/mol. The quantitative estimate of drug-likeness (QED) is 0.740. The molecule has 2 aromatic carbocycles. The fourth-order valence-corrected chi connectivity index (χ4v) is 3.37. The number of para-hydroxylation sites is 1. The Bertz CT molecular complexity index is 740. The van der Waals surface area contributed by atoms with Crippen molar-refractivity contribution < 1.29 is 9.90 Å². The van der Waals surface area contributed by atoms with Crippen molar-refractivity contribution in [3.8, 4) is 5.75 Å². The Morgan fingerprint density at radius 1 is 1.12 bits per heavy atom. The highest BCUT2D eigenvalue weighted by atomic mass is 16.3. The Balaban J connectivity index is 1.51. The molecule has 0 aromatic heterocycles. The summed E-state index contributed by atoms with van der Waals surface area (Å²) in [4.78, 5) is 16.3. The lowest BCUT2D eigenvalue weighted by Crippen LogP contribution is -2.49. The molecule has 1 aliphatic heterocycles. The van der Waals surface area contributed by atoms with Gasteiger partial charge in [-0.3, -0.25) is 9.69 Å². The standard InChI is InChI=1S/C20H26N4O2/c1-15(22-19-5-3-2-4-18(19)20(21)26)14-23-10-12-24(13-11-23)16-6-8-17(25)9-7-16/h2-9,15,22,25H,10-14H2,1H3,(H2,21,26). The van der Waals surface area contributed by atoms with E-state index in [1.54, 1.807) is 18.2 Å². The number of carbonyl (C=O) groups is 1. The Hall–Kier alpha value is -2.73. The summed E-state index contributed by atoms with van der Waals surface area (Å²) < 4.78 is 0. The van der Waals surface area contributed by atoms with Crippen LogP contribution in [0.1, 0.15) is 17.3 Å². The fourth-order valence-electron chi connectivity index (χ4n) is 3.37. The molecule has 138 valence electrons. The Labute approximate surface area is 154 Å². The molecule has 6 heteroatoms. The number of hydrogen-bond acceptors (Lipinski definition) is 5. The Kier molecular flexibility index (Phi) is 5.63. The van der Waals surface area contributed by atoms with Crippen LogP contribution < -0.4 is 16.0 Å². The number of hydrogen-bond donors (Lipinski definition) is 3. The molecule has 1 saturated heterocycles. The summed E-state index contributed by atoms with van der Waals surface area (Å²) in [6, 6.07) is 14.9. The molecule has 4 N–H and O–H groups in total. The van der Waals surface area contributed by atoms with E-state index in [2.05, 4.69) is 22.0 Å². The second-order valence-electron chi connectivity index (χ2n) is 6.76. The number of phenolic OH excluding ortho intramolecular Hbond substituents is 1. The van der Waals surface area contributed by atoms with Crippen LogP contribution >= 0.6 is 0 Å². The van der Waals surface area contributed by atoms with Crippen LogP contribution in [0, 0.1) is 0 Å². The SMILES string of the molecule is CC(CN1CCN(c2ccc(O)cc2)CC1)Nc1ccccc1C(N)=O. The topological polar surface area (TPSA) is 81.8 Å². The van der Waals surface area contributed by atoms with Crippen LogP contribution in [0.15, 0.2) is 48.5 Å². The fraction of sp³-hybridized carbons (Fsp3) is 0.350. The van der Waals surface area contributed by atoms with Gasteiger partial charge in [0.25, 0.3) is 5.91 Å². The monoisotopic (exact) mass is 354 g/mol. The van der Waals surface area contributed by atoms with E-state index in [0.717, 1.165) is 44.1 Å². The van der Waals surface area contributed by atoms with Gasteiger partial charge < -0.3 is 21.1 Å². The van der Waals surface area contributed by atoms with Gasteiger partial charge in [-0.25, -0.2) is 0 Å². The van der Waals surface area contributed by atoms with Gasteiger partial charge in [0.05, 0.1) is 5.56 Å². The molecule has 0 aliphatic carbocycles. The molecule has 0 bridgehead atoms. The third-order valence-corrected chi connectivity index (χ3v) is 4.71. The molecule has 6 nitrogen and oxygen atoms in total. The summed E-state index contributed by atoms with van der Waals surface area (Å²) in [7, 11) is 0. The second kappa shape index (κ2) is 8.10. The van der Waals surface area contributed by atoms with Crippen molar-refractivity contribution in [3.05, 3.63) is 54.1 Å². The van der Waals surface area contributed by atoms with Gasteiger partial charge in [-0.15, -0.1) is 0 Å². The first-order valence-electron chi connectivity index (χ1n) is 8.94. The molecular formula is C20H26N4O2. The summed E-state index contributed by atoms with van der Waals surface area (Å²) in [6.07, 6.45) is 0. The molecule has 1 amide bonds.